The fourth-order valence-electron chi connectivity index (χ4n) is 1.76. The third kappa shape index (κ3) is 4.71. The number of carbonyl (C=O) groups excluding carboxylic acids is 1. The van der Waals surface area contributed by atoms with Gasteiger partial charge in [-0.3, -0.25) is 4.79 Å². The summed E-state index contributed by atoms with van der Waals surface area (Å²) in [5, 5.41) is 4.54. The molecule has 0 saturated heterocycles. The molecule has 1 amide bonds. The van der Waals surface area contributed by atoms with Crippen LogP contribution in [0.25, 0.3) is 0 Å². The number of carbonyl (C=O) groups is 1. The van der Waals surface area contributed by atoms with Gasteiger partial charge in [0.15, 0.2) is 0 Å². The lowest BCUT2D eigenvalue weighted by molar-refractivity contribution is 0.0955. The third-order valence-electron chi connectivity index (χ3n) is 2.73. The van der Waals surface area contributed by atoms with E-state index in [9.17, 15) is 4.79 Å². The average molecular weight is 429 g/mol. The first-order chi connectivity index (χ1) is 10.6. The summed E-state index contributed by atoms with van der Waals surface area (Å²) >= 11 is 8.12. The molecule has 2 aromatic rings. The molecule has 0 radical (unpaired) electrons. The summed E-state index contributed by atoms with van der Waals surface area (Å²) in [6.07, 6.45) is 1.52. The molecule has 22 heavy (non-hydrogen) atoms. The lowest BCUT2D eigenvalue weighted by Crippen LogP contribution is -2.17. The molecular formula is C16H14ClIN2O2. The van der Waals surface area contributed by atoms with Crippen LogP contribution in [-0.4, -0.2) is 18.7 Å². The number of hydrogen-bond acceptors (Lipinski definition) is 3. The molecule has 0 saturated carbocycles. The van der Waals surface area contributed by atoms with Crippen LogP contribution in [0.2, 0.25) is 5.02 Å². The Labute approximate surface area is 147 Å². The van der Waals surface area contributed by atoms with Crippen molar-refractivity contribution in [3.8, 4) is 5.75 Å². The van der Waals surface area contributed by atoms with Gasteiger partial charge in [0.25, 0.3) is 5.91 Å². The molecule has 114 valence electrons. The fraction of sp³-hybridized carbons (Fsp3) is 0.125. The molecule has 0 aliphatic carbocycles. The fourth-order valence-corrected chi connectivity index (χ4v) is 2.49. The Kier molecular flexibility index (Phi) is 6.21. The smallest absolute Gasteiger partial charge is 0.271 e. The zero-order valence-corrected chi connectivity index (χ0v) is 14.8. The Hall–Kier alpha value is -1.60. The van der Waals surface area contributed by atoms with E-state index < -0.39 is 0 Å². The standard InChI is InChI=1S/C16H14ClIN2O2/c1-2-22-15-7-6-13(17)8-12(15)10-19-20-16(21)11-4-3-5-14(18)9-11/h3-10H,2H2,1H3,(H,20,21)/b19-10-. The van der Waals surface area contributed by atoms with Gasteiger partial charge in [0.05, 0.1) is 12.8 Å². The summed E-state index contributed by atoms with van der Waals surface area (Å²) in [7, 11) is 0. The van der Waals surface area contributed by atoms with Crippen molar-refractivity contribution in [2.24, 2.45) is 5.10 Å². The van der Waals surface area contributed by atoms with Crippen molar-refractivity contribution >= 4 is 46.3 Å². The summed E-state index contributed by atoms with van der Waals surface area (Å²) in [6.45, 7) is 2.44. The SMILES string of the molecule is CCOc1ccc(Cl)cc1/C=N\NC(=O)c1cccc(I)c1. The van der Waals surface area contributed by atoms with Crippen molar-refractivity contribution in [3.63, 3.8) is 0 Å². The molecule has 0 atom stereocenters. The highest BCUT2D eigenvalue weighted by molar-refractivity contribution is 14.1. The second-order valence-corrected chi connectivity index (χ2v) is 6.01. The normalized spacial score (nSPS) is 10.7. The van der Waals surface area contributed by atoms with E-state index >= 15 is 0 Å². The van der Waals surface area contributed by atoms with Crippen LogP contribution >= 0.6 is 34.2 Å². The van der Waals surface area contributed by atoms with Gasteiger partial charge in [0.2, 0.25) is 0 Å². The van der Waals surface area contributed by atoms with Gasteiger partial charge in [-0.2, -0.15) is 5.10 Å². The molecular weight excluding hydrogens is 415 g/mol. The zero-order valence-electron chi connectivity index (χ0n) is 11.8. The van der Waals surface area contributed by atoms with E-state index in [-0.39, 0.29) is 5.91 Å². The summed E-state index contributed by atoms with van der Waals surface area (Å²) < 4.78 is 6.47. The molecule has 0 bridgehead atoms. The van der Waals surface area contributed by atoms with Gasteiger partial charge in [-0.25, -0.2) is 5.43 Å². The van der Waals surface area contributed by atoms with Gasteiger partial charge in [-0.15, -0.1) is 0 Å². The number of nitrogens with one attached hydrogen (secondary N) is 1. The van der Waals surface area contributed by atoms with Crippen LogP contribution in [-0.2, 0) is 0 Å². The minimum atomic E-state index is -0.269. The average Bonchev–Trinajstić information content (AvgIpc) is 2.50. The van der Waals surface area contributed by atoms with Crippen molar-refractivity contribution in [2.45, 2.75) is 6.92 Å². The van der Waals surface area contributed by atoms with Crippen molar-refractivity contribution < 1.29 is 9.53 Å². The number of hydrogen-bond donors (Lipinski definition) is 1. The molecule has 0 aromatic heterocycles. The largest absolute Gasteiger partial charge is 0.493 e. The van der Waals surface area contributed by atoms with Crippen molar-refractivity contribution in [3.05, 3.63) is 62.2 Å². The number of rotatable bonds is 5. The third-order valence-corrected chi connectivity index (χ3v) is 3.63. The summed E-state index contributed by atoms with van der Waals surface area (Å²) in [5.74, 6) is 0.397. The molecule has 0 fully saturated rings. The number of benzene rings is 2. The number of amides is 1. The Balaban J connectivity index is 2.09. The van der Waals surface area contributed by atoms with Crippen LogP contribution in [0.5, 0.6) is 5.75 Å². The van der Waals surface area contributed by atoms with E-state index in [0.717, 1.165) is 3.57 Å². The summed E-state index contributed by atoms with van der Waals surface area (Å²) in [5.41, 5.74) is 3.75. The predicted molar refractivity (Wildman–Crippen MR) is 96.8 cm³/mol. The van der Waals surface area contributed by atoms with Gasteiger partial charge < -0.3 is 4.74 Å². The molecule has 2 aromatic carbocycles. The van der Waals surface area contributed by atoms with E-state index in [2.05, 4.69) is 33.1 Å². The van der Waals surface area contributed by atoms with Crippen LogP contribution in [0.3, 0.4) is 0 Å². The topological polar surface area (TPSA) is 50.7 Å². The van der Waals surface area contributed by atoms with Gasteiger partial charge >= 0.3 is 0 Å². The van der Waals surface area contributed by atoms with Crippen molar-refractivity contribution in [2.75, 3.05) is 6.61 Å². The van der Waals surface area contributed by atoms with Crippen LogP contribution < -0.4 is 10.2 Å². The number of halogens is 2. The first-order valence-corrected chi connectivity index (χ1v) is 8.07. The van der Waals surface area contributed by atoms with Gasteiger partial charge in [-0.1, -0.05) is 17.7 Å². The molecule has 0 aliphatic heterocycles. The highest BCUT2D eigenvalue weighted by Gasteiger charge is 2.05. The summed E-state index contributed by atoms with van der Waals surface area (Å²) in [4.78, 5) is 12.0. The minimum absolute atomic E-state index is 0.269. The first-order valence-electron chi connectivity index (χ1n) is 6.61. The van der Waals surface area contributed by atoms with Crippen LogP contribution in [0.4, 0.5) is 0 Å². The van der Waals surface area contributed by atoms with E-state index in [0.29, 0.717) is 28.5 Å². The molecule has 0 unspecified atom stereocenters. The molecule has 0 heterocycles. The second-order valence-electron chi connectivity index (χ2n) is 4.32. The zero-order chi connectivity index (χ0) is 15.9. The molecule has 4 nitrogen and oxygen atoms in total. The minimum Gasteiger partial charge on any atom is -0.493 e. The molecule has 2 rings (SSSR count). The van der Waals surface area contributed by atoms with Crippen molar-refractivity contribution in [1.29, 1.82) is 0 Å². The van der Waals surface area contributed by atoms with Gasteiger partial charge in [-0.05, 0) is 65.9 Å². The Bertz CT molecular complexity index is 704. The maximum Gasteiger partial charge on any atom is 0.271 e. The molecule has 6 heteroatoms. The quantitative estimate of drug-likeness (QED) is 0.443. The monoisotopic (exact) mass is 428 g/mol. The van der Waals surface area contributed by atoms with E-state index in [4.69, 9.17) is 16.3 Å². The maximum absolute atomic E-state index is 12.0. The Morgan fingerprint density at radius 3 is 2.91 bits per heavy atom. The number of nitrogens with zero attached hydrogens (tertiary/aromatic N) is 1. The molecule has 0 aliphatic rings. The van der Waals surface area contributed by atoms with Crippen LogP contribution in [0, 0.1) is 3.57 Å². The lowest BCUT2D eigenvalue weighted by atomic mass is 10.2. The molecule has 0 spiro atoms. The van der Waals surface area contributed by atoms with E-state index in [1.54, 1.807) is 30.3 Å². The maximum atomic E-state index is 12.0. The highest BCUT2D eigenvalue weighted by atomic mass is 127. The highest BCUT2D eigenvalue weighted by Crippen LogP contribution is 2.21. The Morgan fingerprint density at radius 1 is 1.36 bits per heavy atom. The van der Waals surface area contributed by atoms with E-state index in [1.165, 1.54) is 6.21 Å². The Morgan fingerprint density at radius 2 is 2.18 bits per heavy atom. The molecule has 1 N–H and O–H groups in total. The van der Waals surface area contributed by atoms with Gasteiger partial charge in [0, 0.05) is 19.7 Å². The van der Waals surface area contributed by atoms with Gasteiger partial charge in [0.1, 0.15) is 5.75 Å². The van der Waals surface area contributed by atoms with Crippen LogP contribution in [0.1, 0.15) is 22.8 Å². The lowest BCUT2D eigenvalue weighted by Gasteiger charge is -2.07. The number of ether oxygens (including phenoxy) is 1. The van der Waals surface area contributed by atoms with Crippen molar-refractivity contribution in [1.82, 2.24) is 5.43 Å². The summed E-state index contributed by atoms with van der Waals surface area (Å²) in [6, 6.07) is 12.5. The predicted octanol–water partition coefficient (Wildman–Crippen LogP) is 4.11. The number of hydrazone groups is 1. The first kappa shape index (κ1) is 16.8. The van der Waals surface area contributed by atoms with Crippen LogP contribution in [0.15, 0.2) is 47.6 Å². The van der Waals surface area contributed by atoms with E-state index in [1.807, 2.05) is 19.1 Å². The second kappa shape index (κ2) is 8.14.